The van der Waals surface area contributed by atoms with E-state index in [1.165, 1.54) is 11.1 Å². The molecule has 0 aliphatic heterocycles. The minimum atomic E-state index is 0.229. The van der Waals surface area contributed by atoms with E-state index in [-0.39, 0.29) is 6.04 Å². The van der Waals surface area contributed by atoms with Gasteiger partial charge in [0.1, 0.15) is 11.5 Å². The van der Waals surface area contributed by atoms with E-state index in [1.54, 1.807) is 14.2 Å². The molecule has 2 rings (SSSR count). The first-order chi connectivity index (χ1) is 7.67. The highest BCUT2D eigenvalue weighted by Crippen LogP contribution is 2.41. The molecule has 1 atom stereocenters. The third-order valence-electron chi connectivity index (χ3n) is 3.07. The first-order valence-corrected chi connectivity index (χ1v) is 6.14. The van der Waals surface area contributed by atoms with Crippen molar-refractivity contribution in [2.24, 2.45) is 5.73 Å². The fourth-order valence-corrected chi connectivity index (χ4v) is 2.89. The van der Waals surface area contributed by atoms with Crippen molar-refractivity contribution in [3.8, 4) is 11.5 Å². The van der Waals surface area contributed by atoms with Gasteiger partial charge in [0.15, 0.2) is 0 Å². The average molecular weight is 286 g/mol. The number of hydrogen-bond donors (Lipinski definition) is 1. The van der Waals surface area contributed by atoms with Crippen LogP contribution in [-0.2, 0) is 12.8 Å². The molecular formula is C12H16BrNO2. The second-order valence-electron chi connectivity index (χ2n) is 4.05. The summed E-state index contributed by atoms with van der Waals surface area (Å²) in [6.07, 6.45) is 2.82. The maximum Gasteiger partial charge on any atom is 0.136 e. The number of ether oxygens (including phenoxy) is 2. The Hall–Kier alpha value is -0.740. The van der Waals surface area contributed by atoms with Gasteiger partial charge in [-0.2, -0.15) is 0 Å². The molecule has 0 heterocycles. The van der Waals surface area contributed by atoms with E-state index in [0.29, 0.717) is 0 Å². The number of rotatable bonds is 2. The molecule has 0 fully saturated rings. The minimum absolute atomic E-state index is 0.229. The lowest BCUT2D eigenvalue weighted by Crippen LogP contribution is -2.28. The highest BCUT2D eigenvalue weighted by Gasteiger charge is 2.24. The lowest BCUT2D eigenvalue weighted by Gasteiger charge is -2.25. The van der Waals surface area contributed by atoms with Gasteiger partial charge in [0.25, 0.3) is 0 Å². The number of nitrogens with two attached hydrogens (primary N) is 1. The van der Waals surface area contributed by atoms with E-state index in [0.717, 1.165) is 35.2 Å². The van der Waals surface area contributed by atoms with Crippen LogP contribution in [0, 0.1) is 0 Å². The molecule has 1 aromatic rings. The summed E-state index contributed by atoms with van der Waals surface area (Å²) in [4.78, 5) is 0. The van der Waals surface area contributed by atoms with Crippen molar-refractivity contribution in [1.29, 1.82) is 0 Å². The smallest absolute Gasteiger partial charge is 0.136 e. The van der Waals surface area contributed by atoms with Gasteiger partial charge < -0.3 is 15.2 Å². The van der Waals surface area contributed by atoms with Crippen molar-refractivity contribution >= 4 is 15.9 Å². The van der Waals surface area contributed by atoms with Crippen molar-refractivity contribution in [1.82, 2.24) is 0 Å². The Morgan fingerprint density at radius 2 is 2.06 bits per heavy atom. The molecule has 3 nitrogen and oxygen atoms in total. The molecule has 0 bridgehead atoms. The number of benzene rings is 1. The molecule has 1 aliphatic carbocycles. The largest absolute Gasteiger partial charge is 0.496 e. The van der Waals surface area contributed by atoms with Crippen molar-refractivity contribution in [2.75, 3.05) is 14.2 Å². The topological polar surface area (TPSA) is 44.5 Å². The van der Waals surface area contributed by atoms with Gasteiger partial charge in [-0.05, 0) is 41.3 Å². The molecule has 0 spiro atoms. The zero-order chi connectivity index (χ0) is 11.7. The normalized spacial score (nSPS) is 19.1. The summed E-state index contributed by atoms with van der Waals surface area (Å²) in [5.41, 5.74) is 8.42. The van der Waals surface area contributed by atoms with Crippen LogP contribution in [0.5, 0.6) is 11.5 Å². The summed E-state index contributed by atoms with van der Waals surface area (Å²) in [7, 11) is 3.38. The molecule has 0 aromatic heterocycles. The Morgan fingerprint density at radius 1 is 1.31 bits per heavy atom. The third-order valence-corrected chi connectivity index (χ3v) is 3.66. The highest BCUT2D eigenvalue weighted by atomic mass is 79.9. The van der Waals surface area contributed by atoms with Crippen molar-refractivity contribution < 1.29 is 9.47 Å². The molecule has 1 aliphatic rings. The van der Waals surface area contributed by atoms with Crippen LogP contribution in [-0.4, -0.2) is 20.3 Å². The summed E-state index contributed by atoms with van der Waals surface area (Å²) in [5.74, 6) is 1.82. The van der Waals surface area contributed by atoms with E-state index < -0.39 is 0 Å². The molecule has 2 N–H and O–H groups in total. The lowest BCUT2D eigenvalue weighted by atomic mass is 9.87. The van der Waals surface area contributed by atoms with Gasteiger partial charge in [-0.3, -0.25) is 0 Å². The molecular weight excluding hydrogens is 270 g/mol. The number of hydrogen-bond acceptors (Lipinski definition) is 3. The Labute approximate surface area is 104 Å². The first kappa shape index (κ1) is 11.7. The Morgan fingerprint density at radius 3 is 2.69 bits per heavy atom. The van der Waals surface area contributed by atoms with Crippen molar-refractivity contribution in [3.05, 3.63) is 21.7 Å². The first-order valence-electron chi connectivity index (χ1n) is 5.35. The zero-order valence-corrected chi connectivity index (χ0v) is 11.1. The Kier molecular flexibility index (Phi) is 3.40. The van der Waals surface area contributed by atoms with Crippen LogP contribution in [0.3, 0.4) is 0 Å². The molecule has 16 heavy (non-hydrogen) atoms. The second-order valence-corrected chi connectivity index (χ2v) is 4.91. The number of methoxy groups -OCH3 is 2. The molecule has 1 unspecified atom stereocenters. The second kappa shape index (κ2) is 4.63. The third kappa shape index (κ3) is 1.92. The van der Waals surface area contributed by atoms with Crippen LogP contribution in [0.2, 0.25) is 0 Å². The summed E-state index contributed by atoms with van der Waals surface area (Å²) < 4.78 is 11.8. The molecule has 0 radical (unpaired) electrons. The van der Waals surface area contributed by atoms with Crippen LogP contribution >= 0.6 is 15.9 Å². The van der Waals surface area contributed by atoms with Gasteiger partial charge in [-0.1, -0.05) is 0 Å². The lowest BCUT2D eigenvalue weighted by molar-refractivity contribution is 0.383. The Balaban J connectivity index is 2.57. The monoisotopic (exact) mass is 285 g/mol. The van der Waals surface area contributed by atoms with E-state index in [2.05, 4.69) is 15.9 Å². The van der Waals surface area contributed by atoms with Crippen LogP contribution in [0.25, 0.3) is 0 Å². The molecule has 0 saturated heterocycles. The van der Waals surface area contributed by atoms with Gasteiger partial charge in [0, 0.05) is 17.2 Å². The maximum absolute atomic E-state index is 5.99. The molecule has 88 valence electrons. The molecule has 1 aromatic carbocycles. The van der Waals surface area contributed by atoms with Gasteiger partial charge in [-0.25, -0.2) is 0 Å². The highest BCUT2D eigenvalue weighted by molar-refractivity contribution is 9.10. The minimum Gasteiger partial charge on any atom is -0.496 e. The fraction of sp³-hybridized carbons (Fsp3) is 0.500. The number of fused-ring (bicyclic) bond motifs is 1. The summed E-state index contributed by atoms with van der Waals surface area (Å²) in [5, 5.41) is 0. The van der Waals surface area contributed by atoms with Crippen molar-refractivity contribution in [3.63, 3.8) is 0 Å². The standard InChI is InChI=1S/C12H16BrNO2/c1-15-11-6-10(13)12(16-2)8-4-3-7(14)5-9(8)11/h6-7H,3-5,14H2,1-2H3. The zero-order valence-electron chi connectivity index (χ0n) is 9.55. The van der Waals surface area contributed by atoms with Crippen LogP contribution in [0.15, 0.2) is 10.5 Å². The van der Waals surface area contributed by atoms with Gasteiger partial charge in [0.05, 0.1) is 18.7 Å². The number of halogens is 1. The van der Waals surface area contributed by atoms with E-state index in [9.17, 15) is 0 Å². The fourth-order valence-electron chi connectivity index (χ4n) is 2.28. The SMILES string of the molecule is COc1cc(Br)c(OC)c2c1CC(N)CC2. The maximum atomic E-state index is 5.99. The van der Waals surface area contributed by atoms with Gasteiger partial charge in [-0.15, -0.1) is 0 Å². The van der Waals surface area contributed by atoms with E-state index >= 15 is 0 Å². The predicted octanol–water partition coefficient (Wildman–Crippen LogP) is 2.28. The predicted molar refractivity (Wildman–Crippen MR) is 67.2 cm³/mol. The van der Waals surface area contributed by atoms with Crippen molar-refractivity contribution in [2.45, 2.75) is 25.3 Å². The molecule has 0 saturated carbocycles. The average Bonchev–Trinajstić information content (AvgIpc) is 2.28. The van der Waals surface area contributed by atoms with E-state index in [1.807, 2.05) is 6.07 Å². The summed E-state index contributed by atoms with van der Waals surface area (Å²) in [6, 6.07) is 2.18. The molecule has 4 heteroatoms. The summed E-state index contributed by atoms with van der Waals surface area (Å²) in [6.45, 7) is 0. The van der Waals surface area contributed by atoms with Crippen LogP contribution in [0.1, 0.15) is 17.5 Å². The van der Waals surface area contributed by atoms with E-state index in [4.69, 9.17) is 15.2 Å². The van der Waals surface area contributed by atoms with Gasteiger partial charge >= 0.3 is 0 Å². The molecule has 0 amide bonds. The quantitative estimate of drug-likeness (QED) is 0.907. The van der Waals surface area contributed by atoms with Gasteiger partial charge in [0.2, 0.25) is 0 Å². The summed E-state index contributed by atoms with van der Waals surface area (Å²) >= 11 is 3.51. The van der Waals surface area contributed by atoms with Crippen LogP contribution in [0.4, 0.5) is 0 Å². The van der Waals surface area contributed by atoms with Crippen LogP contribution < -0.4 is 15.2 Å². The Bertz CT molecular complexity index is 406.